The van der Waals surface area contributed by atoms with Crippen molar-refractivity contribution in [2.24, 2.45) is 0 Å². The van der Waals surface area contributed by atoms with Crippen LogP contribution in [-0.2, 0) is 13.3 Å². The van der Waals surface area contributed by atoms with Crippen LogP contribution in [0.4, 0.5) is 0 Å². The smallest absolute Gasteiger partial charge is 0.500 e. The van der Waals surface area contributed by atoms with E-state index in [1.165, 1.54) is 212 Å². The van der Waals surface area contributed by atoms with Gasteiger partial charge in [0, 0.05) is 53.4 Å². The summed E-state index contributed by atoms with van der Waals surface area (Å²) in [6.45, 7) is 13.0. The lowest BCUT2D eigenvalue weighted by molar-refractivity contribution is -0.890. The molecule has 0 atom stereocenters. The summed E-state index contributed by atoms with van der Waals surface area (Å²) in [6.07, 6.45) is 47.0. The quantitative estimate of drug-likeness (QED) is 0.0367. The van der Waals surface area contributed by atoms with Gasteiger partial charge in [-0.1, -0.05) is 222 Å². The van der Waals surface area contributed by atoms with Crippen molar-refractivity contribution in [3.8, 4) is 0 Å². The van der Waals surface area contributed by atoms with Crippen LogP contribution in [0.25, 0.3) is 0 Å². The second kappa shape index (κ2) is 78.0. The third-order valence-electron chi connectivity index (χ3n) is 12.7. The van der Waals surface area contributed by atoms with E-state index in [1.807, 2.05) is 13.8 Å². The Morgan fingerprint density at radius 3 is 0.667 bits per heavy atom. The molecule has 14 nitrogen and oxygen atoms in total. The summed E-state index contributed by atoms with van der Waals surface area (Å²) < 4.78 is 18.6. The first-order valence-electron chi connectivity index (χ1n) is 27.1. The van der Waals surface area contributed by atoms with Crippen molar-refractivity contribution < 1.29 is 93.9 Å². The maximum absolute atomic E-state index is 9.08. The number of hydrogen-bond acceptors (Lipinski definition) is 7. The Balaban J connectivity index is -0.0000000737. The van der Waals surface area contributed by atoms with Crippen molar-refractivity contribution in [3.05, 3.63) is 0 Å². The number of halogens is 2. The average Bonchev–Trinajstić information content (AvgIpc) is 3.26. The third-order valence-corrected chi connectivity index (χ3v) is 16.5. The Labute approximate surface area is 465 Å². The first-order chi connectivity index (χ1) is 30.2. The minimum absolute atomic E-state index is 0. The van der Waals surface area contributed by atoms with Crippen molar-refractivity contribution in [1.29, 1.82) is 0 Å². The monoisotopic (exact) mass is 1130 g/mol. The van der Waals surface area contributed by atoms with Crippen LogP contribution in [0.3, 0.4) is 0 Å². The van der Waals surface area contributed by atoms with Crippen LogP contribution in [0.15, 0.2) is 0 Å². The van der Waals surface area contributed by atoms with Gasteiger partial charge in [-0.3, -0.25) is 0 Å². The Hall–Kier alpha value is 0.454. The van der Waals surface area contributed by atoms with E-state index in [0.717, 1.165) is 48.2 Å². The van der Waals surface area contributed by atoms with Gasteiger partial charge in [0.15, 0.2) is 0 Å². The fourth-order valence-electron chi connectivity index (χ4n) is 8.42. The molecule has 0 unspecified atom stereocenters. The number of hydrogen-bond donors (Lipinski definition) is 4. The molecule has 0 aromatic rings. The van der Waals surface area contributed by atoms with Crippen LogP contribution in [0.1, 0.15) is 261 Å². The molecule has 14 N–H and O–H groups in total. The van der Waals surface area contributed by atoms with E-state index in [9.17, 15) is 0 Å². The molecule has 0 aliphatic rings. The van der Waals surface area contributed by atoms with Crippen LogP contribution in [0.2, 0.25) is 12.1 Å². The molecule has 0 aliphatic carbocycles. The van der Waals surface area contributed by atoms with E-state index in [2.05, 4.69) is 42.0 Å². The fraction of sp³-hybridized carbons (Fsp3) is 1.00. The molecule has 0 heterocycles. The predicted octanol–water partition coefficient (Wildman–Crippen LogP) is 5.01. The van der Waals surface area contributed by atoms with Crippen LogP contribution >= 0.6 is 0 Å². The van der Waals surface area contributed by atoms with Gasteiger partial charge in [-0.25, -0.2) is 0 Å². The van der Waals surface area contributed by atoms with Gasteiger partial charge in [-0.05, 0) is 25.7 Å². The third kappa shape index (κ3) is 84.4. The first kappa shape index (κ1) is 105. The summed E-state index contributed by atoms with van der Waals surface area (Å²) in [5.74, 6) is 0. The van der Waals surface area contributed by atoms with Gasteiger partial charge in [-0.2, -0.15) is 0 Å². The lowest BCUT2D eigenvalue weighted by atomic mass is 10.0. The molecule has 0 radical (unpaired) electrons. The molecule has 0 aromatic carbocycles. The van der Waals surface area contributed by atoms with Crippen molar-refractivity contribution in [2.75, 3.05) is 82.8 Å². The fourth-order valence-corrected chi connectivity index (χ4v) is 10.8. The molecule has 458 valence electrons. The second-order valence-corrected chi connectivity index (χ2v) is 24.8. The van der Waals surface area contributed by atoms with Gasteiger partial charge in [0.05, 0.1) is 54.4 Å². The highest BCUT2D eigenvalue weighted by Crippen LogP contribution is 2.19. The molecule has 0 bridgehead atoms. The highest BCUT2D eigenvalue weighted by atomic mass is 35.5. The van der Waals surface area contributed by atoms with Crippen LogP contribution in [-0.4, -0.2) is 156 Å². The van der Waals surface area contributed by atoms with Crippen molar-refractivity contribution in [3.63, 3.8) is 0 Å². The average molecular weight is 1130 g/mol. The topological polar surface area (TPSA) is 266 Å². The van der Waals surface area contributed by atoms with E-state index in [4.69, 9.17) is 32.8 Å². The Morgan fingerprint density at radius 1 is 0.319 bits per heavy atom. The summed E-state index contributed by atoms with van der Waals surface area (Å²) in [7, 11) is 8.95. The highest BCUT2D eigenvalue weighted by Gasteiger charge is 2.37. The van der Waals surface area contributed by atoms with Crippen LogP contribution in [0.5, 0.6) is 0 Å². The summed E-state index contributed by atoms with van der Waals surface area (Å²) in [4.78, 5) is 27.2. The normalized spacial score (nSPS) is 10.5. The molecule has 0 aliphatic heterocycles. The Bertz CT molecular complexity index is 866. The first-order valence-corrected chi connectivity index (χ1v) is 31.1. The zero-order valence-electron chi connectivity index (χ0n) is 48.4. The van der Waals surface area contributed by atoms with Gasteiger partial charge in [0.25, 0.3) is 0 Å². The maximum atomic E-state index is 9.08. The van der Waals surface area contributed by atoms with Gasteiger partial charge in [0.2, 0.25) is 0 Å². The summed E-state index contributed by atoms with van der Waals surface area (Å²) in [5, 5.41) is 7.00. The van der Waals surface area contributed by atoms with Crippen LogP contribution < -0.4 is 24.8 Å². The summed E-state index contributed by atoms with van der Waals surface area (Å²) in [5.41, 5.74) is 0. The van der Waals surface area contributed by atoms with Gasteiger partial charge >= 0.3 is 17.6 Å². The number of unbranched alkanes of at least 4 members (excludes halogenated alkanes) is 30. The molecular formula is C54H138Cl2N2O12Si2. The van der Waals surface area contributed by atoms with E-state index in [0.29, 0.717) is 6.42 Å². The molecule has 0 aromatic heterocycles. The van der Waals surface area contributed by atoms with E-state index < -0.39 is 17.6 Å². The van der Waals surface area contributed by atoms with E-state index >= 15 is 0 Å². The number of quaternary nitrogens is 2. The molecular weight excluding hydrogens is 996 g/mol. The Kier molecular flexibility index (Phi) is 113. The van der Waals surface area contributed by atoms with Crippen molar-refractivity contribution in [2.45, 2.75) is 273 Å². The molecule has 0 fully saturated rings. The lowest BCUT2D eigenvalue weighted by Crippen LogP contribution is -3.00. The largest absolute Gasteiger partial charge is 1.00 e. The number of aliphatic hydroxyl groups excluding tert-OH is 1. The SMILES string of the molecule is C.C.CC.CCCCCCCCCCCCCCCCCC[N+](C)(C)CCC[Si](O)(O)O.CCCCCCCCCCCCCCCCCC[N+](C)(C)CCC[Si](OC)(OC)OC.CO.O.O.O.O.O.[Cl-].[Cl-]. The minimum Gasteiger partial charge on any atom is -1.00 e. The van der Waals surface area contributed by atoms with Gasteiger partial charge < -0.3 is 93.9 Å². The lowest BCUT2D eigenvalue weighted by Gasteiger charge is -2.31. The molecule has 18 heteroatoms. The molecule has 72 heavy (non-hydrogen) atoms. The maximum Gasteiger partial charge on any atom is 0.500 e. The molecule has 0 rings (SSSR count). The van der Waals surface area contributed by atoms with E-state index in [1.54, 1.807) is 21.3 Å². The van der Waals surface area contributed by atoms with Crippen molar-refractivity contribution >= 4 is 17.6 Å². The van der Waals surface area contributed by atoms with Crippen LogP contribution in [0, 0.1) is 0 Å². The van der Waals surface area contributed by atoms with Gasteiger partial charge in [0.1, 0.15) is 0 Å². The number of aliphatic hydroxyl groups is 1. The molecule has 0 spiro atoms. The standard InChI is InChI=1S/C26H58NO3Si.C23H52NO3Si.C2H6.CH4O.2CH4.2ClH.5H2O/c1-7-8-9-10-11-12-13-14-15-16-17-18-19-20-21-22-24-27(2,3)25-23-26-31(28-4,29-5)30-6;1-4-5-6-7-8-9-10-11-12-13-14-15-16-17-18-19-21-24(2,3)22-20-23-28(25,26)27;2*1-2;;;;;;;;;/h7-26H2,1-6H3;25-27H,4-23H2,1-3H3;1-2H3;2H,1H3;2*1H4;2*1H;5*1H2/q2*+1;;;;;;;;;;;/p-2. The van der Waals surface area contributed by atoms with Gasteiger partial charge in [-0.15, -0.1) is 0 Å². The summed E-state index contributed by atoms with van der Waals surface area (Å²) >= 11 is 0. The second-order valence-electron chi connectivity index (χ2n) is 19.6. The zero-order valence-corrected chi connectivity index (χ0v) is 52.0. The molecule has 0 saturated carbocycles. The number of rotatable bonds is 45. The highest BCUT2D eigenvalue weighted by molar-refractivity contribution is 6.60. The predicted molar refractivity (Wildman–Crippen MR) is 312 cm³/mol. The molecule has 0 amide bonds. The Morgan fingerprint density at radius 2 is 0.486 bits per heavy atom. The zero-order chi connectivity index (χ0) is 48.4. The van der Waals surface area contributed by atoms with Crippen molar-refractivity contribution in [1.82, 2.24) is 0 Å². The minimum atomic E-state index is -3.84. The molecule has 0 saturated heterocycles. The summed E-state index contributed by atoms with van der Waals surface area (Å²) in [6, 6.07) is 1.06. The van der Waals surface area contributed by atoms with E-state index in [-0.39, 0.29) is 73.1 Å². The number of nitrogens with zero attached hydrogens (tertiary/aromatic N) is 2.